The van der Waals surface area contributed by atoms with Gasteiger partial charge < -0.3 is 11.1 Å². The number of anilines is 1. The van der Waals surface area contributed by atoms with Gasteiger partial charge in [0.05, 0.1) is 22.8 Å². The molecule has 1 amide bonds. The van der Waals surface area contributed by atoms with Crippen molar-refractivity contribution in [2.24, 2.45) is 11.7 Å². The minimum atomic E-state index is -0.403. The lowest BCUT2D eigenvalue weighted by Crippen LogP contribution is -2.33. The molecule has 0 radical (unpaired) electrons. The molecule has 1 aromatic rings. The second-order valence-corrected chi connectivity index (χ2v) is 3.69. The molecule has 0 aliphatic heterocycles. The van der Waals surface area contributed by atoms with E-state index in [2.05, 4.69) is 15.5 Å². The van der Waals surface area contributed by atoms with Gasteiger partial charge in [0.2, 0.25) is 5.91 Å². The number of nitrogens with zero attached hydrogens (tertiary/aromatic N) is 1. The van der Waals surface area contributed by atoms with Crippen molar-refractivity contribution < 1.29 is 4.79 Å². The highest BCUT2D eigenvalue weighted by atomic mass is 32.1. The Morgan fingerprint density at radius 2 is 2.53 bits per heavy atom. The van der Waals surface area contributed by atoms with Crippen LogP contribution in [0.5, 0.6) is 0 Å². The number of aromatic amines is 1. The van der Waals surface area contributed by atoms with Crippen molar-refractivity contribution in [3.8, 4) is 0 Å². The Bertz CT molecular complexity index is 336. The minimum absolute atomic E-state index is 0.175. The number of carbonyl (C=O) groups is 1. The highest BCUT2D eigenvalue weighted by Gasteiger charge is 2.20. The molecule has 1 heterocycles. The topological polar surface area (TPSA) is 83.8 Å². The molecular weight excluding hydrogens is 212 g/mol. The summed E-state index contributed by atoms with van der Waals surface area (Å²) in [4.78, 5) is 12.0. The molecule has 1 rings (SSSR count). The molecule has 1 atom stereocenters. The van der Waals surface area contributed by atoms with Crippen molar-refractivity contribution >= 4 is 28.8 Å². The van der Waals surface area contributed by atoms with Gasteiger partial charge in [-0.25, -0.2) is 0 Å². The summed E-state index contributed by atoms with van der Waals surface area (Å²) in [5.74, 6) is -0.578. The Morgan fingerprint density at radius 3 is 3.00 bits per heavy atom. The summed E-state index contributed by atoms with van der Waals surface area (Å²) in [5.41, 5.74) is 6.12. The van der Waals surface area contributed by atoms with Gasteiger partial charge in [0.15, 0.2) is 0 Å². The van der Waals surface area contributed by atoms with E-state index in [4.69, 9.17) is 18.0 Å². The first-order valence-electron chi connectivity index (χ1n) is 4.74. The summed E-state index contributed by atoms with van der Waals surface area (Å²) < 4.78 is 0. The molecule has 15 heavy (non-hydrogen) atoms. The lowest BCUT2D eigenvalue weighted by atomic mass is 10.0. The van der Waals surface area contributed by atoms with Crippen LogP contribution in [0.15, 0.2) is 12.4 Å². The van der Waals surface area contributed by atoms with Crippen LogP contribution >= 0.6 is 12.2 Å². The van der Waals surface area contributed by atoms with Gasteiger partial charge in [0, 0.05) is 6.20 Å². The monoisotopic (exact) mass is 226 g/mol. The fraction of sp³-hybridized carbons (Fsp3) is 0.444. The second-order valence-electron chi connectivity index (χ2n) is 3.22. The second kappa shape index (κ2) is 5.45. The third-order valence-electron chi connectivity index (χ3n) is 2.00. The number of thiocarbonyl (C=S) groups is 1. The Morgan fingerprint density at radius 1 is 1.80 bits per heavy atom. The summed E-state index contributed by atoms with van der Waals surface area (Å²) >= 11 is 4.85. The summed E-state index contributed by atoms with van der Waals surface area (Å²) in [5, 5.41) is 9.02. The normalized spacial score (nSPS) is 12.1. The zero-order valence-electron chi connectivity index (χ0n) is 8.49. The number of hydrogen-bond acceptors (Lipinski definition) is 3. The zero-order chi connectivity index (χ0) is 11.3. The Hall–Kier alpha value is -1.43. The summed E-state index contributed by atoms with van der Waals surface area (Å²) in [6.07, 6.45) is 4.65. The average Bonchev–Trinajstić information content (AvgIpc) is 2.65. The number of nitrogens with two attached hydrogens (primary N) is 1. The minimum Gasteiger partial charge on any atom is -0.393 e. The standard InChI is InChI=1S/C9H14N4OS/c1-2-3-7(8(10)15)9(14)13-6-4-11-12-5-6/h4-5,7H,2-3H2,1H3,(H2,10,15)(H,11,12)(H,13,14). The Balaban J connectivity index is 2.60. The largest absolute Gasteiger partial charge is 0.393 e. The number of nitrogens with one attached hydrogen (secondary N) is 2. The summed E-state index contributed by atoms with van der Waals surface area (Å²) in [7, 11) is 0. The molecular formula is C9H14N4OS. The van der Waals surface area contributed by atoms with Crippen molar-refractivity contribution in [2.75, 3.05) is 5.32 Å². The van der Waals surface area contributed by atoms with Gasteiger partial charge in [-0.1, -0.05) is 25.6 Å². The van der Waals surface area contributed by atoms with E-state index < -0.39 is 5.92 Å². The van der Waals surface area contributed by atoms with Crippen LogP contribution in [0.4, 0.5) is 5.69 Å². The molecule has 0 fully saturated rings. The Labute approximate surface area is 93.4 Å². The molecule has 0 saturated carbocycles. The molecule has 1 aromatic heterocycles. The number of carbonyl (C=O) groups excluding carboxylic acids is 1. The van der Waals surface area contributed by atoms with E-state index in [0.717, 1.165) is 6.42 Å². The molecule has 82 valence electrons. The van der Waals surface area contributed by atoms with E-state index in [1.807, 2.05) is 6.92 Å². The predicted molar refractivity (Wildman–Crippen MR) is 62.4 cm³/mol. The number of H-pyrrole nitrogens is 1. The fourth-order valence-corrected chi connectivity index (χ4v) is 1.46. The molecule has 0 aromatic carbocycles. The van der Waals surface area contributed by atoms with E-state index >= 15 is 0 Å². The first kappa shape index (κ1) is 11.6. The van der Waals surface area contributed by atoms with Crippen LogP contribution in [-0.2, 0) is 4.79 Å². The zero-order valence-corrected chi connectivity index (χ0v) is 9.30. The number of amides is 1. The van der Waals surface area contributed by atoms with Crippen molar-refractivity contribution in [3.63, 3.8) is 0 Å². The third-order valence-corrected chi connectivity index (χ3v) is 2.29. The van der Waals surface area contributed by atoms with Gasteiger partial charge in [-0.15, -0.1) is 0 Å². The van der Waals surface area contributed by atoms with Gasteiger partial charge in [0.1, 0.15) is 0 Å². The number of hydrogen-bond donors (Lipinski definition) is 3. The summed E-state index contributed by atoms with van der Waals surface area (Å²) in [6.45, 7) is 1.98. The number of aromatic nitrogens is 2. The molecule has 0 spiro atoms. The van der Waals surface area contributed by atoms with Crippen LogP contribution in [0.25, 0.3) is 0 Å². The number of rotatable bonds is 5. The first-order chi connectivity index (χ1) is 7.15. The van der Waals surface area contributed by atoms with Gasteiger partial charge in [-0.3, -0.25) is 9.89 Å². The first-order valence-corrected chi connectivity index (χ1v) is 5.15. The quantitative estimate of drug-likeness (QED) is 0.655. The van der Waals surface area contributed by atoms with Crippen molar-refractivity contribution in [1.82, 2.24) is 10.2 Å². The smallest absolute Gasteiger partial charge is 0.234 e. The average molecular weight is 226 g/mol. The molecule has 0 bridgehead atoms. The molecule has 0 saturated heterocycles. The van der Waals surface area contributed by atoms with Crippen LogP contribution in [-0.4, -0.2) is 21.1 Å². The van der Waals surface area contributed by atoms with Crippen molar-refractivity contribution in [1.29, 1.82) is 0 Å². The third kappa shape index (κ3) is 3.32. The van der Waals surface area contributed by atoms with E-state index in [-0.39, 0.29) is 10.9 Å². The highest BCUT2D eigenvalue weighted by Crippen LogP contribution is 2.11. The van der Waals surface area contributed by atoms with E-state index in [1.54, 1.807) is 6.20 Å². The van der Waals surface area contributed by atoms with E-state index in [9.17, 15) is 4.79 Å². The van der Waals surface area contributed by atoms with Crippen molar-refractivity contribution in [3.05, 3.63) is 12.4 Å². The summed E-state index contributed by atoms with van der Waals surface area (Å²) in [6, 6.07) is 0. The van der Waals surface area contributed by atoms with Crippen molar-refractivity contribution in [2.45, 2.75) is 19.8 Å². The van der Waals surface area contributed by atoms with Gasteiger partial charge >= 0.3 is 0 Å². The van der Waals surface area contributed by atoms with Gasteiger partial charge in [-0.05, 0) is 6.42 Å². The molecule has 4 N–H and O–H groups in total. The molecule has 6 heteroatoms. The maximum Gasteiger partial charge on any atom is 0.234 e. The van der Waals surface area contributed by atoms with E-state index in [1.165, 1.54) is 6.20 Å². The lowest BCUT2D eigenvalue weighted by molar-refractivity contribution is -0.118. The molecule has 0 aliphatic rings. The van der Waals surface area contributed by atoms with Crippen LogP contribution in [0, 0.1) is 5.92 Å². The molecule has 0 aliphatic carbocycles. The van der Waals surface area contributed by atoms with Crippen LogP contribution in [0.1, 0.15) is 19.8 Å². The predicted octanol–water partition coefficient (Wildman–Crippen LogP) is 1.05. The lowest BCUT2D eigenvalue weighted by Gasteiger charge is -2.13. The maximum atomic E-state index is 11.7. The van der Waals surface area contributed by atoms with Crippen LogP contribution in [0.3, 0.4) is 0 Å². The fourth-order valence-electron chi connectivity index (χ4n) is 1.24. The maximum absolute atomic E-state index is 11.7. The molecule has 5 nitrogen and oxygen atoms in total. The van der Waals surface area contributed by atoms with Crippen LogP contribution < -0.4 is 11.1 Å². The Kier molecular flexibility index (Phi) is 4.23. The molecule has 1 unspecified atom stereocenters. The van der Waals surface area contributed by atoms with Gasteiger partial charge in [-0.2, -0.15) is 5.10 Å². The van der Waals surface area contributed by atoms with Crippen LogP contribution in [0.2, 0.25) is 0 Å². The van der Waals surface area contributed by atoms with E-state index in [0.29, 0.717) is 12.1 Å². The SMILES string of the molecule is CCCC(C(=O)Nc1cn[nH]c1)C(N)=S. The highest BCUT2D eigenvalue weighted by molar-refractivity contribution is 7.80. The van der Waals surface area contributed by atoms with Gasteiger partial charge in [0.25, 0.3) is 0 Å².